The molecule has 1 aromatic carbocycles. The van der Waals surface area contributed by atoms with Crippen molar-refractivity contribution in [1.29, 1.82) is 0 Å². The van der Waals surface area contributed by atoms with Gasteiger partial charge in [0.1, 0.15) is 11.5 Å². The number of benzene rings is 1. The number of carbonyl (C=O) groups excluding carboxylic acids is 2. The van der Waals surface area contributed by atoms with Crippen molar-refractivity contribution in [1.82, 2.24) is 0 Å². The summed E-state index contributed by atoms with van der Waals surface area (Å²) in [5.41, 5.74) is 2.21. The number of rotatable bonds is 4. The van der Waals surface area contributed by atoms with Gasteiger partial charge in [0, 0.05) is 23.8 Å². The van der Waals surface area contributed by atoms with Crippen molar-refractivity contribution in [3.63, 3.8) is 0 Å². The summed E-state index contributed by atoms with van der Waals surface area (Å²) >= 11 is 0. The molecule has 5 saturated carbocycles. The van der Waals surface area contributed by atoms with Crippen molar-refractivity contribution >= 4 is 17.8 Å². The molecule has 4 heteroatoms. The fourth-order valence-electron chi connectivity index (χ4n) is 12.3. The van der Waals surface area contributed by atoms with E-state index >= 15 is 0 Å². The number of hydrogen-bond donors (Lipinski definition) is 1. The maximum absolute atomic E-state index is 12.9. The highest BCUT2D eigenvalue weighted by molar-refractivity contribution is 5.87. The average Bonchev–Trinajstić information content (AvgIpc) is 2.97. The molecule has 10 atom stereocenters. The van der Waals surface area contributed by atoms with Crippen LogP contribution < -0.4 is 0 Å². The molecule has 0 heterocycles. The van der Waals surface area contributed by atoms with Gasteiger partial charge in [-0.3, -0.25) is 4.79 Å². The van der Waals surface area contributed by atoms with Crippen molar-refractivity contribution in [3.05, 3.63) is 35.9 Å². The van der Waals surface area contributed by atoms with Gasteiger partial charge in [0.15, 0.2) is 0 Å². The van der Waals surface area contributed by atoms with E-state index in [1.165, 1.54) is 51.0 Å². The molecule has 6 rings (SSSR count). The summed E-state index contributed by atoms with van der Waals surface area (Å²) in [7, 11) is 0. The third kappa shape index (κ3) is 4.66. The van der Waals surface area contributed by atoms with Crippen LogP contribution in [0.1, 0.15) is 125 Å². The molecule has 0 aliphatic heterocycles. The molecule has 0 unspecified atom stereocenters. The molecule has 0 aromatic heterocycles. The largest absolute Gasteiger partial charge is 0.508 e. The highest BCUT2D eigenvalue weighted by Gasteiger charge is 2.71. The number of hydrogen-bond acceptors (Lipinski definition) is 4. The topological polar surface area (TPSA) is 63.6 Å². The second kappa shape index (κ2) is 10.2. The fraction of sp³-hybridized carbons (Fsp3) is 0.744. The van der Waals surface area contributed by atoms with Gasteiger partial charge in [-0.05, 0) is 133 Å². The standard InChI is InChI=1S/C39H56O4/c1-26-29(41)13-14-30-36(26,4)17-16-31-37(30,5)21-23-39(7)32-24-34(2,18-19-35(32,3)20-22-38(31,39)6)25-43-33(42)15-10-27-8-11-28(40)12-9-27/h8-12,15,26,30-32,40H,13-14,16-25H2,1-7H3/b15-10+/t26-,30+,31-,32+,34+,35+,36+,37-,38+,39-/m0/s1. The van der Waals surface area contributed by atoms with Crippen LogP contribution in [0, 0.1) is 56.2 Å². The minimum atomic E-state index is -0.291. The first-order valence-corrected chi connectivity index (χ1v) is 17.3. The van der Waals surface area contributed by atoms with E-state index in [0.717, 1.165) is 31.2 Å². The minimum Gasteiger partial charge on any atom is -0.508 e. The van der Waals surface area contributed by atoms with Crippen LogP contribution >= 0.6 is 0 Å². The fourth-order valence-corrected chi connectivity index (χ4v) is 12.3. The summed E-state index contributed by atoms with van der Waals surface area (Å²) in [6.07, 6.45) is 16.2. The maximum Gasteiger partial charge on any atom is 0.330 e. The van der Waals surface area contributed by atoms with E-state index in [-0.39, 0.29) is 39.3 Å². The Kier molecular flexibility index (Phi) is 7.34. The van der Waals surface area contributed by atoms with Crippen LogP contribution in [0.4, 0.5) is 0 Å². The predicted octanol–water partition coefficient (Wildman–Crippen LogP) is 9.40. The lowest BCUT2D eigenvalue weighted by Gasteiger charge is -2.74. The molecule has 0 amide bonds. The maximum atomic E-state index is 12.9. The number of ketones is 1. The van der Waals surface area contributed by atoms with Crippen molar-refractivity contribution in [3.8, 4) is 5.75 Å². The lowest BCUT2D eigenvalue weighted by atomic mass is 9.30. The number of esters is 1. The number of ether oxygens (including phenoxy) is 1. The number of phenolic OH excluding ortho intramolecular Hbond substituents is 1. The summed E-state index contributed by atoms with van der Waals surface area (Å²) in [6.45, 7) is 18.1. The van der Waals surface area contributed by atoms with Crippen LogP contribution in [0.15, 0.2) is 30.3 Å². The summed E-state index contributed by atoms with van der Waals surface area (Å²) in [4.78, 5) is 25.6. The van der Waals surface area contributed by atoms with Crippen LogP contribution in [-0.4, -0.2) is 23.5 Å². The third-order valence-corrected chi connectivity index (χ3v) is 15.5. The van der Waals surface area contributed by atoms with Crippen molar-refractivity contribution in [2.24, 2.45) is 56.2 Å². The molecule has 1 N–H and O–H groups in total. The van der Waals surface area contributed by atoms with E-state index in [1.54, 1.807) is 30.3 Å². The Balaban J connectivity index is 1.21. The Labute approximate surface area is 260 Å². The summed E-state index contributed by atoms with van der Waals surface area (Å²) in [6, 6.07) is 6.83. The van der Waals surface area contributed by atoms with Crippen molar-refractivity contribution in [2.75, 3.05) is 6.61 Å². The van der Waals surface area contributed by atoms with Crippen molar-refractivity contribution in [2.45, 2.75) is 119 Å². The van der Waals surface area contributed by atoms with Crippen LogP contribution in [0.2, 0.25) is 0 Å². The van der Waals surface area contributed by atoms with Gasteiger partial charge >= 0.3 is 5.97 Å². The zero-order chi connectivity index (χ0) is 31.1. The highest BCUT2D eigenvalue weighted by Crippen LogP contribution is 2.78. The van der Waals surface area contributed by atoms with E-state index in [0.29, 0.717) is 41.0 Å². The first-order chi connectivity index (χ1) is 20.1. The number of fused-ring (bicyclic) bond motifs is 7. The van der Waals surface area contributed by atoms with Crippen LogP contribution in [-0.2, 0) is 14.3 Å². The number of phenols is 1. The predicted molar refractivity (Wildman–Crippen MR) is 172 cm³/mol. The first kappa shape index (κ1) is 30.9. The first-order valence-electron chi connectivity index (χ1n) is 17.3. The smallest absolute Gasteiger partial charge is 0.330 e. The van der Waals surface area contributed by atoms with Gasteiger partial charge in [-0.15, -0.1) is 0 Å². The molecule has 4 nitrogen and oxygen atoms in total. The van der Waals surface area contributed by atoms with Gasteiger partial charge in [-0.25, -0.2) is 4.79 Å². The molecule has 1 aromatic rings. The van der Waals surface area contributed by atoms with E-state index in [9.17, 15) is 14.7 Å². The quantitative estimate of drug-likeness (QED) is 0.281. The highest BCUT2D eigenvalue weighted by atomic mass is 16.5. The number of carbonyl (C=O) groups is 2. The SMILES string of the molecule is C[C@H]1C(=O)CC[C@@H]2[C@]1(C)CC[C@H]1[C@@]2(C)CC[C@@]2(C)[C@@H]3C[C@](C)(COC(=O)/C=C/c4ccc(O)cc4)CC[C@]3(C)CC[C@]12C. The second-order valence-electron chi connectivity index (χ2n) is 17.5. The molecule has 0 saturated heterocycles. The zero-order valence-electron chi connectivity index (χ0n) is 27.9. The molecule has 0 bridgehead atoms. The van der Waals surface area contributed by atoms with Gasteiger partial charge < -0.3 is 9.84 Å². The van der Waals surface area contributed by atoms with E-state index in [1.807, 2.05) is 0 Å². The van der Waals surface area contributed by atoms with E-state index < -0.39 is 0 Å². The lowest BCUT2D eigenvalue weighted by molar-refractivity contribution is -0.258. The van der Waals surface area contributed by atoms with Crippen molar-refractivity contribution < 1.29 is 19.4 Å². The summed E-state index contributed by atoms with van der Waals surface area (Å²) in [5.74, 6) is 2.59. The number of aromatic hydroxyl groups is 1. The Morgan fingerprint density at radius 1 is 0.837 bits per heavy atom. The molecule has 0 spiro atoms. The molecular formula is C39H56O4. The molecule has 5 fully saturated rings. The van der Waals surface area contributed by atoms with E-state index in [2.05, 4.69) is 48.5 Å². The Bertz CT molecular complexity index is 1300. The Morgan fingerprint density at radius 3 is 2.21 bits per heavy atom. The second-order valence-corrected chi connectivity index (χ2v) is 17.5. The van der Waals surface area contributed by atoms with Gasteiger partial charge in [0.2, 0.25) is 0 Å². The normalized spacial score (nSPS) is 47.7. The van der Waals surface area contributed by atoms with Crippen LogP contribution in [0.5, 0.6) is 5.75 Å². The summed E-state index contributed by atoms with van der Waals surface area (Å²) < 4.78 is 5.92. The minimum absolute atomic E-state index is 0.0154. The number of Topliss-reactive ketones (excluding diaryl/α,β-unsaturated/α-hetero) is 1. The average molecular weight is 589 g/mol. The Hall–Kier alpha value is -2.10. The van der Waals surface area contributed by atoms with Gasteiger partial charge in [-0.1, -0.05) is 60.6 Å². The molecule has 43 heavy (non-hydrogen) atoms. The lowest BCUT2D eigenvalue weighted by Crippen LogP contribution is -2.67. The van der Waals surface area contributed by atoms with Crippen LogP contribution in [0.3, 0.4) is 0 Å². The van der Waals surface area contributed by atoms with Gasteiger partial charge in [0.25, 0.3) is 0 Å². The zero-order valence-corrected chi connectivity index (χ0v) is 27.9. The molecule has 5 aliphatic carbocycles. The third-order valence-electron chi connectivity index (χ3n) is 15.5. The monoisotopic (exact) mass is 588 g/mol. The summed E-state index contributed by atoms with van der Waals surface area (Å²) in [5, 5.41) is 9.52. The Morgan fingerprint density at radius 2 is 1.49 bits per heavy atom. The molecule has 0 radical (unpaired) electrons. The van der Waals surface area contributed by atoms with Gasteiger partial charge in [0.05, 0.1) is 6.61 Å². The van der Waals surface area contributed by atoms with Gasteiger partial charge in [-0.2, -0.15) is 0 Å². The molecule has 236 valence electrons. The van der Waals surface area contributed by atoms with E-state index in [4.69, 9.17) is 4.74 Å². The molecule has 5 aliphatic rings. The van der Waals surface area contributed by atoms with Crippen LogP contribution in [0.25, 0.3) is 6.08 Å². The molecular weight excluding hydrogens is 532 g/mol.